The predicted octanol–water partition coefficient (Wildman–Crippen LogP) is 5.26. The lowest BCUT2D eigenvalue weighted by atomic mass is 10.1. The van der Waals surface area contributed by atoms with Crippen molar-refractivity contribution >= 4 is 19.9 Å². The van der Waals surface area contributed by atoms with Crippen LogP contribution in [0.1, 0.15) is 49.2 Å². The Morgan fingerprint density at radius 3 is 2.06 bits per heavy atom. The van der Waals surface area contributed by atoms with Crippen molar-refractivity contribution in [1.29, 1.82) is 0 Å². The number of hydrogen-bond donors (Lipinski definition) is 0. The van der Waals surface area contributed by atoms with Gasteiger partial charge in [0.25, 0.3) is 0 Å². The molecule has 0 saturated heterocycles. The van der Waals surface area contributed by atoms with Crippen molar-refractivity contribution < 1.29 is 4.43 Å². The quantitative estimate of drug-likeness (QED) is 0.511. The molecule has 18 heavy (non-hydrogen) atoms. The van der Waals surface area contributed by atoms with E-state index in [1.54, 1.807) is 0 Å². The first-order valence-corrected chi connectivity index (χ1v) is 10.2. The number of hydrogen-bond acceptors (Lipinski definition) is 1. The van der Waals surface area contributed by atoms with E-state index in [0.717, 1.165) is 13.0 Å². The molecule has 1 nitrogen and oxygen atoms in total. The van der Waals surface area contributed by atoms with Gasteiger partial charge in [-0.2, -0.15) is 0 Å². The molecule has 0 aliphatic heterocycles. The molecule has 0 fully saturated rings. The van der Waals surface area contributed by atoms with Crippen LogP contribution in [0.3, 0.4) is 0 Å². The molecule has 0 saturated carbocycles. The van der Waals surface area contributed by atoms with Gasteiger partial charge in [-0.15, -0.1) is 11.6 Å². The standard InChI is InChI=1S/C15H25ClOSi/c1-6-15(16)14-10-8-13(9-11-14)12(3)18(4,5)17-7-2/h8-12,15H,6-7H2,1-5H3. The zero-order valence-corrected chi connectivity index (χ0v) is 13.9. The van der Waals surface area contributed by atoms with Gasteiger partial charge in [0, 0.05) is 6.61 Å². The average molecular weight is 285 g/mol. The van der Waals surface area contributed by atoms with E-state index in [9.17, 15) is 0 Å². The molecule has 102 valence electrons. The van der Waals surface area contributed by atoms with E-state index in [1.807, 2.05) is 0 Å². The summed E-state index contributed by atoms with van der Waals surface area (Å²) in [4.78, 5) is 0. The van der Waals surface area contributed by atoms with E-state index in [4.69, 9.17) is 16.0 Å². The SMILES string of the molecule is CCO[Si](C)(C)C(C)c1ccc(C(Cl)CC)cc1. The van der Waals surface area contributed by atoms with E-state index < -0.39 is 8.32 Å². The van der Waals surface area contributed by atoms with Gasteiger partial charge in [-0.3, -0.25) is 0 Å². The summed E-state index contributed by atoms with van der Waals surface area (Å²) in [5, 5.41) is 0.131. The average Bonchev–Trinajstić information content (AvgIpc) is 2.37. The summed E-state index contributed by atoms with van der Waals surface area (Å²) in [5.74, 6) is 0. The molecule has 2 atom stereocenters. The number of benzene rings is 1. The van der Waals surface area contributed by atoms with Gasteiger partial charge in [0.05, 0.1) is 5.38 Å². The second kappa shape index (κ2) is 6.74. The zero-order valence-electron chi connectivity index (χ0n) is 12.2. The smallest absolute Gasteiger partial charge is 0.193 e. The van der Waals surface area contributed by atoms with Crippen molar-refractivity contribution in [3.63, 3.8) is 0 Å². The maximum atomic E-state index is 6.25. The fraction of sp³-hybridized carbons (Fsp3) is 0.600. The molecule has 0 N–H and O–H groups in total. The molecule has 2 unspecified atom stereocenters. The molecule has 0 aliphatic rings. The summed E-state index contributed by atoms with van der Waals surface area (Å²) in [7, 11) is -1.63. The molecular formula is C15H25ClOSi. The molecule has 0 amide bonds. The maximum Gasteiger partial charge on any atom is 0.193 e. The topological polar surface area (TPSA) is 9.23 Å². The van der Waals surface area contributed by atoms with Gasteiger partial charge in [-0.05, 0) is 43.1 Å². The maximum absolute atomic E-state index is 6.25. The molecule has 0 bridgehead atoms. The number of halogens is 1. The Morgan fingerprint density at radius 1 is 1.11 bits per heavy atom. The highest BCUT2D eigenvalue weighted by atomic mass is 35.5. The Morgan fingerprint density at radius 2 is 1.61 bits per heavy atom. The third-order valence-corrected chi connectivity index (χ3v) is 7.73. The first-order valence-electron chi connectivity index (χ1n) is 6.80. The Hall–Kier alpha value is -0.313. The summed E-state index contributed by atoms with van der Waals surface area (Å²) in [5.41, 5.74) is 3.08. The van der Waals surface area contributed by atoms with Crippen molar-refractivity contribution in [2.24, 2.45) is 0 Å². The Labute approximate surface area is 118 Å². The highest BCUT2D eigenvalue weighted by Gasteiger charge is 2.30. The Bertz CT molecular complexity index is 361. The van der Waals surface area contributed by atoms with Crippen LogP contribution < -0.4 is 0 Å². The second-order valence-corrected chi connectivity index (χ2v) is 10.2. The minimum absolute atomic E-state index is 0.131. The Balaban J connectivity index is 2.85. The normalized spacial score (nSPS) is 15.4. The highest BCUT2D eigenvalue weighted by Crippen LogP contribution is 2.30. The van der Waals surface area contributed by atoms with Crippen molar-refractivity contribution in [3.05, 3.63) is 35.4 Å². The van der Waals surface area contributed by atoms with E-state index in [1.165, 1.54) is 11.1 Å². The molecule has 0 radical (unpaired) electrons. The van der Waals surface area contributed by atoms with Crippen LogP contribution in [0.25, 0.3) is 0 Å². The summed E-state index contributed by atoms with van der Waals surface area (Å²) in [6.45, 7) is 11.8. The first-order chi connectivity index (χ1) is 8.42. The zero-order chi connectivity index (χ0) is 13.8. The minimum atomic E-state index is -1.63. The van der Waals surface area contributed by atoms with Gasteiger partial charge >= 0.3 is 0 Å². The van der Waals surface area contributed by atoms with Crippen molar-refractivity contribution in [1.82, 2.24) is 0 Å². The van der Waals surface area contributed by atoms with E-state index in [2.05, 4.69) is 58.1 Å². The van der Waals surface area contributed by atoms with E-state index >= 15 is 0 Å². The third kappa shape index (κ3) is 3.84. The first kappa shape index (κ1) is 15.7. The summed E-state index contributed by atoms with van der Waals surface area (Å²) < 4.78 is 5.96. The minimum Gasteiger partial charge on any atom is -0.417 e. The van der Waals surface area contributed by atoms with Crippen molar-refractivity contribution in [3.8, 4) is 0 Å². The third-order valence-electron chi connectivity index (χ3n) is 3.72. The van der Waals surface area contributed by atoms with E-state index in [-0.39, 0.29) is 5.38 Å². The molecule has 1 aromatic rings. The van der Waals surface area contributed by atoms with Crippen LogP contribution in [0.2, 0.25) is 13.1 Å². The lowest BCUT2D eigenvalue weighted by Crippen LogP contribution is -2.37. The van der Waals surface area contributed by atoms with Crippen LogP contribution >= 0.6 is 11.6 Å². The van der Waals surface area contributed by atoms with Crippen LogP contribution in [0, 0.1) is 0 Å². The largest absolute Gasteiger partial charge is 0.417 e. The number of rotatable bonds is 6. The van der Waals surface area contributed by atoms with Gasteiger partial charge in [0.1, 0.15) is 0 Å². The molecule has 0 spiro atoms. The molecule has 0 aromatic heterocycles. The van der Waals surface area contributed by atoms with Crippen molar-refractivity contribution in [2.45, 2.75) is 51.2 Å². The van der Waals surface area contributed by atoms with Gasteiger partial charge in [-0.25, -0.2) is 0 Å². The van der Waals surface area contributed by atoms with Crippen LogP contribution in [0.4, 0.5) is 0 Å². The van der Waals surface area contributed by atoms with Crippen molar-refractivity contribution in [2.75, 3.05) is 6.61 Å². The second-order valence-electron chi connectivity index (χ2n) is 5.30. The van der Waals surface area contributed by atoms with Crippen LogP contribution in [0.5, 0.6) is 0 Å². The summed E-state index contributed by atoms with van der Waals surface area (Å²) in [6.07, 6.45) is 0.968. The lowest BCUT2D eigenvalue weighted by molar-refractivity contribution is 0.322. The molecule has 0 aliphatic carbocycles. The number of alkyl halides is 1. The van der Waals surface area contributed by atoms with E-state index in [0.29, 0.717) is 5.54 Å². The van der Waals surface area contributed by atoms with Gasteiger partial charge in [0.2, 0.25) is 0 Å². The fourth-order valence-corrected chi connectivity index (χ4v) is 4.26. The van der Waals surface area contributed by atoms with Crippen LogP contribution in [-0.4, -0.2) is 14.9 Å². The Kier molecular flexibility index (Phi) is 5.89. The molecule has 3 heteroatoms. The van der Waals surface area contributed by atoms with Crippen LogP contribution in [0.15, 0.2) is 24.3 Å². The predicted molar refractivity (Wildman–Crippen MR) is 82.9 cm³/mol. The summed E-state index contributed by atoms with van der Waals surface area (Å²) >= 11 is 6.25. The summed E-state index contributed by atoms with van der Waals surface area (Å²) in [6, 6.07) is 8.73. The molecule has 1 rings (SSSR count). The van der Waals surface area contributed by atoms with Crippen LogP contribution in [-0.2, 0) is 4.43 Å². The highest BCUT2D eigenvalue weighted by molar-refractivity contribution is 6.72. The van der Waals surface area contributed by atoms with Gasteiger partial charge < -0.3 is 4.43 Å². The fourth-order valence-electron chi connectivity index (χ4n) is 2.13. The van der Waals surface area contributed by atoms with Gasteiger partial charge in [-0.1, -0.05) is 38.1 Å². The lowest BCUT2D eigenvalue weighted by Gasteiger charge is -2.29. The van der Waals surface area contributed by atoms with Gasteiger partial charge in [0.15, 0.2) is 8.32 Å². The monoisotopic (exact) mass is 284 g/mol. The molecular weight excluding hydrogens is 260 g/mol. The molecule has 0 heterocycles. The molecule has 1 aromatic carbocycles.